The minimum absolute atomic E-state index is 0.0108. The molecule has 0 unspecified atom stereocenters. The lowest BCUT2D eigenvalue weighted by Gasteiger charge is -2.34. The zero-order valence-corrected chi connectivity index (χ0v) is 16.5. The van der Waals surface area contributed by atoms with Crippen molar-refractivity contribution in [1.29, 1.82) is 0 Å². The summed E-state index contributed by atoms with van der Waals surface area (Å²) in [6.07, 6.45) is 5.18. The van der Waals surface area contributed by atoms with Gasteiger partial charge in [-0.2, -0.15) is 0 Å². The van der Waals surface area contributed by atoms with Gasteiger partial charge in [0.1, 0.15) is 11.7 Å². The summed E-state index contributed by atoms with van der Waals surface area (Å²) in [5.74, 6) is -0.0653. The van der Waals surface area contributed by atoms with Crippen molar-refractivity contribution >= 4 is 17.7 Å². The molecule has 0 radical (unpaired) electrons. The Hall–Kier alpha value is -2.31. The number of hydrogen-bond donors (Lipinski definition) is 1. The van der Waals surface area contributed by atoms with Crippen LogP contribution in [0.25, 0.3) is 0 Å². The first kappa shape index (κ1) is 19.5. The zero-order valence-electron chi connectivity index (χ0n) is 16.5. The third-order valence-electron chi connectivity index (χ3n) is 5.91. The molecule has 0 spiro atoms. The van der Waals surface area contributed by atoms with Crippen LogP contribution in [0.2, 0.25) is 0 Å². The number of nitrogens with zero attached hydrogens (tertiary/aromatic N) is 3. The van der Waals surface area contributed by atoms with Gasteiger partial charge in [0.2, 0.25) is 11.8 Å². The normalized spacial score (nSPS) is 22.4. The second-order valence-corrected chi connectivity index (χ2v) is 7.56. The Labute approximate surface area is 160 Å². The molecule has 1 saturated carbocycles. The number of likely N-dealkylation sites (N-methyl/N-ethyl adjacent to an activating group) is 1. The zero-order chi connectivity index (χ0) is 19.6. The van der Waals surface area contributed by atoms with E-state index in [9.17, 15) is 14.4 Å². The molecule has 7 heteroatoms. The lowest BCUT2D eigenvalue weighted by molar-refractivity contribution is -0.147. The second-order valence-electron chi connectivity index (χ2n) is 7.56. The topological polar surface area (TPSA) is 74.7 Å². The molecule has 1 aliphatic carbocycles. The second kappa shape index (κ2) is 8.15. The average molecular weight is 374 g/mol. The lowest BCUT2D eigenvalue weighted by atomic mass is 9.84. The summed E-state index contributed by atoms with van der Waals surface area (Å²) in [5.41, 5.74) is 0.574. The van der Waals surface area contributed by atoms with Crippen LogP contribution in [0.1, 0.15) is 50.0 Å². The molecule has 3 rings (SSSR count). The van der Waals surface area contributed by atoms with E-state index in [1.807, 2.05) is 33.2 Å². The van der Waals surface area contributed by atoms with E-state index in [0.29, 0.717) is 31.7 Å². The fourth-order valence-electron chi connectivity index (χ4n) is 4.01. The van der Waals surface area contributed by atoms with Crippen molar-refractivity contribution in [1.82, 2.24) is 19.7 Å². The van der Waals surface area contributed by atoms with E-state index in [1.54, 1.807) is 20.4 Å². The van der Waals surface area contributed by atoms with Crippen molar-refractivity contribution in [2.75, 3.05) is 19.6 Å². The first-order chi connectivity index (χ1) is 13.0. The van der Waals surface area contributed by atoms with Crippen LogP contribution in [0.15, 0.2) is 18.3 Å². The quantitative estimate of drug-likeness (QED) is 0.818. The Morgan fingerprint density at radius 3 is 2.44 bits per heavy atom. The number of carbonyl (C=O) groups is 3. The Balaban J connectivity index is 1.74. The minimum Gasteiger partial charge on any atom is -0.347 e. The van der Waals surface area contributed by atoms with Crippen molar-refractivity contribution in [3.05, 3.63) is 24.0 Å². The molecule has 1 aromatic rings. The first-order valence-corrected chi connectivity index (χ1v) is 9.97. The smallest absolute Gasteiger partial charge is 0.268 e. The van der Waals surface area contributed by atoms with E-state index in [0.717, 1.165) is 19.3 Å². The maximum absolute atomic E-state index is 13.0. The van der Waals surface area contributed by atoms with E-state index in [4.69, 9.17) is 0 Å². The van der Waals surface area contributed by atoms with Crippen LogP contribution < -0.4 is 5.32 Å². The van der Waals surface area contributed by atoms with Crippen LogP contribution in [-0.4, -0.2) is 63.8 Å². The molecular weight excluding hydrogens is 344 g/mol. The van der Waals surface area contributed by atoms with Gasteiger partial charge in [-0.15, -0.1) is 0 Å². The van der Waals surface area contributed by atoms with Gasteiger partial charge in [0.15, 0.2) is 0 Å². The van der Waals surface area contributed by atoms with Gasteiger partial charge in [-0.1, -0.05) is 6.42 Å². The van der Waals surface area contributed by atoms with Crippen molar-refractivity contribution in [2.45, 2.75) is 51.6 Å². The predicted molar refractivity (Wildman–Crippen MR) is 102 cm³/mol. The summed E-state index contributed by atoms with van der Waals surface area (Å²) >= 11 is 0. The Morgan fingerprint density at radius 1 is 1.22 bits per heavy atom. The molecule has 0 aromatic carbocycles. The Morgan fingerprint density at radius 2 is 1.93 bits per heavy atom. The number of amides is 3. The monoisotopic (exact) mass is 374 g/mol. The van der Waals surface area contributed by atoms with Crippen LogP contribution >= 0.6 is 0 Å². The minimum atomic E-state index is -0.475. The third kappa shape index (κ3) is 3.87. The van der Waals surface area contributed by atoms with E-state index in [1.165, 1.54) is 0 Å². The summed E-state index contributed by atoms with van der Waals surface area (Å²) in [5, 5.41) is 3.02. The van der Waals surface area contributed by atoms with Gasteiger partial charge in [0.25, 0.3) is 5.91 Å². The predicted octanol–water partition coefficient (Wildman–Crippen LogP) is 1.39. The third-order valence-corrected chi connectivity index (χ3v) is 5.91. The first-order valence-electron chi connectivity index (χ1n) is 9.97. The summed E-state index contributed by atoms with van der Waals surface area (Å²) in [4.78, 5) is 41.9. The number of nitrogens with one attached hydrogen (secondary N) is 1. The summed E-state index contributed by atoms with van der Waals surface area (Å²) in [7, 11) is 1.82. The molecule has 2 fully saturated rings. The average Bonchev–Trinajstić information content (AvgIpc) is 3.20. The van der Waals surface area contributed by atoms with Gasteiger partial charge in [-0.25, -0.2) is 0 Å². The number of aromatic nitrogens is 1. The maximum Gasteiger partial charge on any atom is 0.268 e. The molecule has 7 nitrogen and oxygen atoms in total. The molecule has 1 N–H and O–H groups in total. The van der Waals surface area contributed by atoms with Gasteiger partial charge in [0, 0.05) is 44.8 Å². The highest BCUT2D eigenvalue weighted by Gasteiger charge is 2.44. The van der Waals surface area contributed by atoms with E-state index < -0.39 is 6.04 Å². The van der Waals surface area contributed by atoms with Crippen LogP contribution in [0.4, 0.5) is 0 Å². The standard InChI is InChI=1S/C20H30N4O3/c1-4-23(5-2)20(27)17-12-15(13-24(17)19(26)14-8-6-9-14)21-18(25)16-10-7-11-22(16)3/h7,10-11,14-15,17H,4-6,8-9,12-13H2,1-3H3,(H,21,25)/t15-,17+/m1/s1. The SMILES string of the molecule is CCN(CC)C(=O)[C@@H]1C[C@@H](NC(=O)c2cccn2C)CN1C(=O)C1CCC1. The van der Waals surface area contributed by atoms with E-state index in [2.05, 4.69) is 5.32 Å². The molecule has 1 aromatic heterocycles. The molecule has 1 saturated heterocycles. The molecule has 2 atom stereocenters. The number of carbonyl (C=O) groups excluding carboxylic acids is 3. The van der Waals surface area contributed by atoms with Gasteiger partial charge in [-0.3, -0.25) is 14.4 Å². The number of hydrogen-bond acceptors (Lipinski definition) is 3. The summed E-state index contributed by atoms with van der Waals surface area (Å²) in [6, 6.07) is 2.90. The van der Waals surface area contributed by atoms with Crippen molar-refractivity contribution in [3.63, 3.8) is 0 Å². The molecule has 2 aliphatic rings. The van der Waals surface area contributed by atoms with Crippen molar-refractivity contribution in [3.8, 4) is 0 Å². The number of aryl methyl sites for hydroxylation is 1. The number of rotatable bonds is 6. The van der Waals surface area contributed by atoms with Gasteiger partial charge < -0.3 is 19.7 Å². The molecule has 2 heterocycles. The fourth-order valence-corrected chi connectivity index (χ4v) is 4.01. The van der Waals surface area contributed by atoms with E-state index >= 15 is 0 Å². The lowest BCUT2D eigenvalue weighted by Crippen LogP contribution is -2.50. The summed E-state index contributed by atoms with van der Waals surface area (Å²) < 4.78 is 1.76. The van der Waals surface area contributed by atoms with E-state index in [-0.39, 0.29) is 29.7 Å². The highest BCUT2D eigenvalue weighted by atomic mass is 16.2. The van der Waals surface area contributed by atoms with Gasteiger partial charge >= 0.3 is 0 Å². The van der Waals surface area contributed by atoms with Gasteiger partial charge in [0.05, 0.1) is 0 Å². The summed E-state index contributed by atoms with van der Waals surface area (Å²) in [6.45, 7) is 5.55. The highest BCUT2D eigenvalue weighted by Crippen LogP contribution is 2.32. The van der Waals surface area contributed by atoms with Crippen molar-refractivity contribution < 1.29 is 14.4 Å². The number of likely N-dealkylation sites (tertiary alicyclic amines) is 1. The van der Waals surface area contributed by atoms with Crippen LogP contribution in [-0.2, 0) is 16.6 Å². The maximum atomic E-state index is 13.0. The Bertz CT molecular complexity index is 706. The van der Waals surface area contributed by atoms with Crippen LogP contribution in [0.5, 0.6) is 0 Å². The highest BCUT2D eigenvalue weighted by molar-refractivity contribution is 5.94. The van der Waals surface area contributed by atoms with Crippen LogP contribution in [0, 0.1) is 5.92 Å². The molecular formula is C20H30N4O3. The Kier molecular flexibility index (Phi) is 5.87. The largest absolute Gasteiger partial charge is 0.347 e. The molecule has 1 aliphatic heterocycles. The van der Waals surface area contributed by atoms with Crippen molar-refractivity contribution in [2.24, 2.45) is 13.0 Å². The van der Waals surface area contributed by atoms with Gasteiger partial charge in [-0.05, 0) is 45.2 Å². The molecule has 3 amide bonds. The molecule has 148 valence electrons. The fraction of sp³-hybridized carbons (Fsp3) is 0.650. The van der Waals surface area contributed by atoms with Crippen LogP contribution in [0.3, 0.4) is 0 Å². The molecule has 27 heavy (non-hydrogen) atoms. The molecule has 0 bridgehead atoms.